The Morgan fingerprint density at radius 2 is 1.73 bits per heavy atom. The van der Waals surface area contributed by atoms with Gasteiger partial charge in [-0.3, -0.25) is 0 Å². The minimum Gasteiger partial charge on any atom is -0.478 e. The number of anilines is 1. The van der Waals surface area contributed by atoms with Crippen LogP contribution >= 0.6 is 12.2 Å². The van der Waals surface area contributed by atoms with Crippen LogP contribution in [0.2, 0.25) is 0 Å². The SMILES string of the molecule is O=C(O)c1ccc(/C=C2\CCC(C(=S)Nc3ccccc3)=C2N2CCOCC2)cc1. The average Bonchev–Trinajstić information content (AvgIpc) is 3.19. The van der Waals surface area contributed by atoms with E-state index in [9.17, 15) is 4.79 Å². The summed E-state index contributed by atoms with van der Waals surface area (Å²) in [5.41, 5.74) is 5.84. The summed E-state index contributed by atoms with van der Waals surface area (Å²) in [4.78, 5) is 14.2. The Kier molecular flexibility index (Phi) is 6.26. The van der Waals surface area contributed by atoms with Gasteiger partial charge >= 0.3 is 5.97 Å². The predicted octanol–water partition coefficient (Wildman–Crippen LogP) is 4.59. The highest BCUT2D eigenvalue weighted by atomic mass is 32.1. The molecule has 0 saturated carbocycles. The van der Waals surface area contributed by atoms with Crippen LogP contribution in [0.3, 0.4) is 0 Å². The number of rotatable bonds is 5. The third-order valence-corrected chi connectivity index (χ3v) is 5.71. The Bertz CT molecular complexity index is 991. The molecule has 4 rings (SSSR count). The van der Waals surface area contributed by atoms with Gasteiger partial charge in [-0.2, -0.15) is 0 Å². The lowest BCUT2D eigenvalue weighted by Gasteiger charge is -2.32. The minimum atomic E-state index is -0.913. The summed E-state index contributed by atoms with van der Waals surface area (Å²) in [5, 5.41) is 12.5. The molecule has 6 heteroatoms. The first kappa shape index (κ1) is 20.3. The Hall–Kier alpha value is -2.96. The first-order valence-electron chi connectivity index (χ1n) is 10.1. The number of benzene rings is 2. The number of hydrogen-bond acceptors (Lipinski definition) is 4. The summed E-state index contributed by atoms with van der Waals surface area (Å²) in [6, 6.07) is 17.0. The number of carboxylic acids is 1. The van der Waals surface area contributed by atoms with E-state index in [0.717, 1.165) is 47.7 Å². The van der Waals surface area contributed by atoms with E-state index in [2.05, 4.69) is 16.3 Å². The number of nitrogens with one attached hydrogen (secondary N) is 1. The molecule has 2 N–H and O–H groups in total. The van der Waals surface area contributed by atoms with Crippen molar-refractivity contribution < 1.29 is 14.6 Å². The van der Waals surface area contributed by atoms with Crippen molar-refractivity contribution >= 4 is 34.9 Å². The van der Waals surface area contributed by atoms with Gasteiger partial charge in [-0.15, -0.1) is 0 Å². The topological polar surface area (TPSA) is 61.8 Å². The van der Waals surface area contributed by atoms with Crippen LogP contribution in [0.4, 0.5) is 5.69 Å². The van der Waals surface area contributed by atoms with Crippen molar-refractivity contribution in [3.05, 3.63) is 82.6 Å². The Labute approximate surface area is 181 Å². The smallest absolute Gasteiger partial charge is 0.335 e. The molecule has 1 saturated heterocycles. The van der Waals surface area contributed by atoms with Crippen LogP contribution in [-0.2, 0) is 4.74 Å². The van der Waals surface area contributed by atoms with Crippen LogP contribution in [0.5, 0.6) is 0 Å². The van der Waals surface area contributed by atoms with Crippen molar-refractivity contribution in [2.24, 2.45) is 0 Å². The highest BCUT2D eigenvalue weighted by Gasteiger charge is 2.28. The van der Waals surface area contributed by atoms with Crippen LogP contribution in [0, 0.1) is 0 Å². The normalized spacial score (nSPS) is 18.0. The lowest BCUT2D eigenvalue weighted by molar-refractivity contribution is 0.0548. The van der Waals surface area contributed by atoms with Crippen molar-refractivity contribution in [2.45, 2.75) is 12.8 Å². The molecule has 30 heavy (non-hydrogen) atoms. The van der Waals surface area contributed by atoms with Gasteiger partial charge in [-0.25, -0.2) is 4.79 Å². The summed E-state index contributed by atoms with van der Waals surface area (Å²) in [6.07, 6.45) is 3.93. The molecule has 5 nitrogen and oxygen atoms in total. The van der Waals surface area contributed by atoms with Gasteiger partial charge in [0.2, 0.25) is 0 Å². The van der Waals surface area contributed by atoms with E-state index in [1.807, 2.05) is 42.5 Å². The Morgan fingerprint density at radius 1 is 1.03 bits per heavy atom. The molecule has 2 aliphatic rings. The second kappa shape index (κ2) is 9.24. The van der Waals surface area contributed by atoms with Crippen molar-refractivity contribution in [3.8, 4) is 0 Å². The number of thiocarbonyl (C=S) groups is 1. The maximum Gasteiger partial charge on any atom is 0.335 e. The van der Waals surface area contributed by atoms with Crippen molar-refractivity contribution in [2.75, 3.05) is 31.6 Å². The lowest BCUT2D eigenvalue weighted by Crippen LogP contribution is -2.36. The summed E-state index contributed by atoms with van der Waals surface area (Å²) >= 11 is 5.79. The largest absolute Gasteiger partial charge is 0.478 e. The van der Waals surface area contributed by atoms with Gasteiger partial charge in [0.15, 0.2) is 0 Å². The quantitative estimate of drug-likeness (QED) is 0.690. The molecule has 1 heterocycles. The highest BCUT2D eigenvalue weighted by Crippen LogP contribution is 2.36. The third kappa shape index (κ3) is 4.61. The zero-order valence-electron chi connectivity index (χ0n) is 16.6. The van der Waals surface area contributed by atoms with Crippen molar-refractivity contribution in [1.29, 1.82) is 0 Å². The number of hydrogen-bond donors (Lipinski definition) is 2. The number of carbonyl (C=O) groups is 1. The summed E-state index contributed by atoms with van der Waals surface area (Å²) < 4.78 is 5.55. The fourth-order valence-electron chi connectivity index (χ4n) is 3.88. The molecule has 154 valence electrons. The molecule has 0 amide bonds. The first-order chi connectivity index (χ1) is 14.6. The molecule has 1 aliphatic heterocycles. The standard InChI is InChI=1S/C24H24N2O3S/c27-24(28)18-8-6-17(7-9-18)16-19-10-11-21(22(19)26-12-14-29-15-13-26)23(30)25-20-4-2-1-3-5-20/h1-9,16H,10-15H2,(H,25,30)(H,27,28)/b19-16+. The predicted molar refractivity (Wildman–Crippen MR) is 123 cm³/mol. The second-order valence-electron chi connectivity index (χ2n) is 7.34. The van der Waals surface area contributed by atoms with Gasteiger partial charge in [-0.05, 0) is 54.3 Å². The molecule has 2 aromatic carbocycles. The van der Waals surface area contributed by atoms with Gasteiger partial charge in [-0.1, -0.05) is 42.5 Å². The minimum absolute atomic E-state index is 0.293. The molecule has 0 radical (unpaired) electrons. The number of ether oxygens (including phenoxy) is 1. The van der Waals surface area contributed by atoms with E-state index in [1.54, 1.807) is 12.1 Å². The lowest BCUT2D eigenvalue weighted by atomic mass is 10.1. The average molecular weight is 421 g/mol. The van der Waals surface area contributed by atoms with E-state index < -0.39 is 5.97 Å². The van der Waals surface area contributed by atoms with E-state index in [0.29, 0.717) is 18.8 Å². The molecule has 0 bridgehead atoms. The maximum absolute atomic E-state index is 11.1. The Balaban J connectivity index is 1.65. The molecule has 1 fully saturated rings. The van der Waals surface area contributed by atoms with Crippen LogP contribution < -0.4 is 5.32 Å². The molecule has 0 aromatic heterocycles. The number of morpholine rings is 1. The van der Waals surface area contributed by atoms with Crippen LogP contribution in [0.1, 0.15) is 28.8 Å². The van der Waals surface area contributed by atoms with Gasteiger partial charge in [0.05, 0.1) is 18.8 Å². The van der Waals surface area contributed by atoms with Crippen LogP contribution in [0.25, 0.3) is 6.08 Å². The van der Waals surface area contributed by atoms with Crippen LogP contribution in [0.15, 0.2) is 71.4 Å². The second-order valence-corrected chi connectivity index (χ2v) is 7.75. The number of aromatic carboxylic acids is 1. The molecular formula is C24H24N2O3S. The molecule has 2 aromatic rings. The van der Waals surface area contributed by atoms with E-state index in [-0.39, 0.29) is 0 Å². The molecule has 1 aliphatic carbocycles. The third-order valence-electron chi connectivity index (χ3n) is 5.37. The molecule has 0 atom stereocenters. The first-order valence-corrected chi connectivity index (χ1v) is 10.5. The van der Waals surface area contributed by atoms with Gasteiger partial charge in [0.25, 0.3) is 0 Å². The fourth-order valence-corrected chi connectivity index (χ4v) is 4.20. The zero-order chi connectivity index (χ0) is 20.9. The van der Waals surface area contributed by atoms with Gasteiger partial charge in [0.1, 0.15) is 4.99 Å². The van der Waals surface area contributed by atoms with Crippen molar-refractivity contribution in [1.82, 2.24) is 4.90 Å². The van der Waals surface area contributed by atoms with E-state index >= 15 is 0 Å². The number of allylic oxidation sites excluding steroid dienone is 1. The number of nitrogens with zero attached hydrogens (tertiary/aromatic N) is 1. The summed E-state index contributed by atoms with van der Waals surface area (Å²) in [5.74, 6) is -0.913. The maximum atomic E-state index is 11.1. The van der Waals surface area contributed by atoms with Crippen LogP contribution in [-0.4, -0.2) is 47.3 Å². The molecule has 0 unspecified atom stereocenters. The summed E-state index contributed by atoms with van der Waals surface area (Å²) in [6.45, 7) is 3.08. The van der Waals surface area contributed by atoms with Gasteiger partial charge < -0.3 is 20.1 Å². The monoisotopic (exact) mass is 420 g/mol. The van der Waals surface area contributed by atoms with E-state index in [1.165, 1.54) is 11.3 Å². The van der Waals surface area contributed by atoms with Crippen molar-refractivity contribution in [3.63, 3.8) is 0 Å². The zero-order valence-corrected chi connectivity index (χ0v) is 17.5. The van der Waals surface area contributed by atoms with E-state index in [4.69, 9.17) is 22.1 Å². The molecule has 0 spiro atoms. The van der Waals surface area contributed by atoms with Gasteiger partial charge in [0, 0.05) is 30.0 Å². The summed E-state index contributed by atoms with van der Waals surface area (Å²) in [7, 11) is 0. The fraction of sp³-hybridized carbons (Fsp3) is 0.250. The highest BCUT2D eigenvalue weighted by molar-refractivity contribution is 7.81. The number of para-hydroxylation sites is 1. The molecular weight excluding hydrogens is 396 g/mol. The number of carboxylic acid groups (broad SMARTS) is 1. The Morgan fingerprint density at radius 3 is 2.40 bits per heavy atom.